The Bertz CT molecular complexity index is 269. The number of rotatable bonds is 4. The number of nitrogens with one attached hydrogen (secondary N) is 1. The Morgan fingerprint density at radius 1 is 1.43 bits per heavy atom. The van der Waals surface area contributed by atoms with Crippen molar-refractivity contribution in [2.75, 3.05) is 7.05 Å². The number of nitrogens with zero attached hydrogens (tertiary/aromatic N) is 2. The third kappa shape index (κ3) is 2.10. The van der Waals surface area contributed by atoms with Gasteiger partial charge in [0.2, 0.25) is 0 Å². The predicted molar refractivity (Wildman–Crippen MR) is 55.8 cm³/mol. The summed E-state index contributed by atoms with van der Waals surface area (Å²) in [6.45, 7) is 0. The van der Waals surface area contributed by atoms with Gasteiger partial charge >= 0.3 is 0 Å². The lowest BCUT2D eigenvalue weighted by Crippen LogP contribution is -2.23. The summed E-state index contributed by atoms with van der Waals surface area (Å²) in [7, 11) is 2.01. The van der Waals surface area contributed by atoms with Crippen LogP contribution in [0.2, 0.25) is 0 Å². The lowest BCUT2D eigenvalue weighted by molar-refractivity contribution is 0.265. The topological polar surface area (TPSA) is 37.8 Å². The van der Waals surface area contributed by atoms with Gasteiger partial charge in [0.05, 0.1) is 0 Å². The average Bonchev–Trinajstić information content (AvgIpc) is 2.18. The van der Waals surface area contributed by atoms with E-state index in [1.165, 1.54) is 31.2 Å². The molecule has 1 aliphatic rings. The maximum atomic E-state index is 4.05. The largest absolute Gasteiger partial charge is 0.313 e. The highest BCUT2D eigenvalue weighted by atomic mass is 14.9. The minimum absolute atomic E-state index is 0.432. The van der Waals surface area contributed by atoms with Gasteiger partial charge in [-0.25, -0.2) is 9.97 Å². The van der Waals surface area contributed by atoms with E-state index in [4.69, 9.17) is 0 Å². The van der Waals surface area contributed by atoms with Crippen molar-refractivity contribution in [3.63, 3.8) is 0 Å². The van der Waals surface area contributed by atoms with Gasteiger partial charge in [-0.15, -0.1) is 0 Å². The van der Waals surface area contributed by atoms with Gasteiger partial charge in [0.15, 0.2) is 0 Å². The highest BCUT2D eigenvalue weighted by Crippen LogP contribution is 2.34. The van der Waals surface area contributed by atoms with E-state index in [9.17, 15) is 0 Å². The summed E-state index contributed by atoms with van der Waals surface area (Å²) < 4.78 is 0. The second-order valence-corrected chi connectivity index (χ2v) is 4.05. The Morgan fingerprint density at radius 3 is 2.64 bits per heavy atom. The molecule has 0 bridgehead atoms. The zero-order chi connectivity index (χ0) is 9.80. The second-order valence-electron chi connectivity index (χ2n) is 4.05. The molecule has 1 heterocycles. The lowest BCUT2D eigenvalue weighted by atomic mass is 9.80. The third-order valence-electron chi connectivity index (χ3n) is 3.13. The molecule has 1 aromatic heterocycles. The average molecular weight is 191 g/mol. The maximum absolute atomic E-state index is 4.05. The fourth-order valence-corrected chi connectivity index (χ4v) is 1.97. The van der Waals surface area contributed by atoms with E-state index in [0.717, 1.165) is 5.92 Å². The second kappa shape index (κ2) is 4.51. The SMILES string of the molecule is CNC(CC1CCC1)c1cncnc1. The van der Waals surface area contributed by atoms with E-state index in [-0.39, 0.29) is 0 Å². The number of hydrogen-bond acceptors (Lipinski definition) is 3. The number of aromatic nitrogens is 2. The van der Waals surface area contributed by atoms with E-state index in [2.05, 4.69) is 15.3 Å². The standard InChI is InChI=1S/C11H17N3/c1-12-11(5-9-3-2-4-9)10-6-13-8-14-7-10/h6-9,11-12H,2-5H2,1H3. The minimum atomic E-state index is 0.432. The van der Waals surface area contributed by atoms with E-state index < -0.39 is 0 Å². The van der Waals surface area contributed by atoms with Crippen molar-refractivity contribution >= 4 is 0 Å². The first-order valence-corrected chi connectivity index (χ1v) is 5.32. The summed E-state index contributed by atoms with van der Waals surface area (Å²) >= 11 is 0. The van der Waals surface area contributed by atoms with Crippen LogP contribution in [-0.2, 0) is 0 Å². The summed E-state index contributed by atoms with van der Waals surface area (Å²) in [5.41, 5.74) is 1.21. The molecule has 0 amide bonds. The van der Waals surface area contributed by atoms with Crippen molar-refractivity contribution in [3.8, 4) is 0 Å². The van der Waals surface area contributed by atoms with E-state index in [1.807, 2.05) is 19.4 Å². The fraction of sp³-hybridized carbons (Fsp3) is 0.636. The van der Waals surface area contributed by atoms with E-state index >= 15 is 0 Å². The smallest absolute Gasteiger partial charge is 0.115 e. The van der Waals surface area contributed by atoms with Crippen LogP contribution in [0.3, 0.4) is 0 Å². The van der Waals surface area contributed by atoms with Crippen molar-refractivity contribution in [3.05, 3.63) is 24.3 Å². The van der Waals surface area contributed by atoms with Crippen LogP contribution in [0.1, 0.15) is 37.3 Å². The normalized spacial score (nSPS) is 18.9. The van der Waals surface area contributed by atoms with Gasteiger partial charge in [0.1, 0.15) is 6.33 Å². The monoisotopic (exact) mass is 191 g/mol. The molecule has 0 saturated heterocycles. The van der Waals surface area contributed by atoms with Gasteiger partial charge in [0.25, 0.3) is 0 Å². The van der Waals surface area contributed by atoms with Crippen LogP contribution in [-0.4, -0.2) is 17.0 Å². The van der Waals surface area contributed by atoms with Crippen molar-refractivity contribution in [1.82, 2.24) is 15.3 Å². The first-order valence-electron chi connectivity index (χ1n) is 5.32. The Hall–Kier alpha value is -0.960. The highest BCUT2D eigenvalue weighted by molar-refractivity contribution is 5.09. The van der Waals surface area contributed by atoms with Crippen LogP contribution in [0.15, 0.2) is 18.7 Å². The van der Waals surface area contributed by atoms with Crippen molar-refractivity contribution < 1.29 is 0 Å². The molecule has 1 atom stereocenters. The van der Waals surface area contributed by atoms with Crippen LogP contribution in [0.4, 0.5) is 0 Å². The van der Waals surface area contributed by atoms with E-state index in [0.29, 0.717) is 6.04 Å². The van der Waals surface area contributed by atoms with Gasteiger partial charge in [-0.05, 0) is 19.4 Å². The highest BCUT2D eigenvalue weighted by Gasteiger charge is 2.22. The summed E-state index contributed by atoms with van der Waals surface area (Å²) in [6, 6.07) is 0.432. The molecule has 1 fully saturated rings. The molecular weight excluding hydrogens is 174 g/mol. The molecule has 0 radical (unpaired) electrons. The summed E-state index contributed by atoms with van der Waals surface area (Å²) in [6.07, 6.45) is 10.8. The molecule has 1 aliphatic carbocycles. The fourth-order valence-electron chi connectivity index (χ4n) is 1.97. The van der Waals surface area contributed by atoms with Crippen molar-refractivity contribution in [2.24, 2.45) is 5.92 Å². The van der Waals surface area contributed by atoms with E-state index in [1.54, 1.807) is 6.33 Å². The Balaban J connectivity index is 1.98. The maximum Gasteiger partial charge on any atom is 0.115 e. The molecule has 1 saturated carbocycles. The van der Waals surface area contributed by atoms with Gasteiger partial charge in [-0.1, -0.05) is 19.3 Å². The predicted octanol–water partition coefficient (Wildman–Crippen LogP) is 1.93. The Kier molecular flexibility index (Phi) is 3.09. The van der Waals surface area contributed by atoms with Gasteiger partial charge in [-0.2, -0.15) is 0 Å². The molecule has 1 unspecified atom stereocenters. The van der Waals surface area contributed by atoms with Crippen molar-refractivity contribution in [1.29, 1.82) is 0 Å². The van der Waals surface area contributed by atoms with Crippen LogP contribution in [0.5, 0.6) is 0 Å². The molecule has 3 heteroatoms. The zero-order valence-electron chi connectivity index (χ0n) is 8.61. The third-order valence-corrected chi connectivity index (χ3v) is 3.13. The molecule has 14 heavy (non-hydrogen) atoms. The molecule has 0 aromatic carbocycles. The molecule has 2 rings (SSSR count). The summed E-state index contributed by atoms with van der Waals surface area (Å²) in [5.74, 6) is 0.910. The van der Waals surface area contributed by atoms with Gasteiger partial charge < -0.3 is 5.32 Å². The van der Waals surface area contributed by atoms with Crippen LogP contribution in [0, 0.1) is 5.92 Å². The van der Waals surface area contributed by atoms with Gasteiger partial charge in [-0.3, -0.25) is 0 Å². The lowest BCUT2D eigenvalue weighted by Gasteiger charge is -2.29. The molecule has 0 aliphatic heterocycles. The summed E-state index contributed by atoms with van der Waals surface area (Å²) in [4.78, 5) is 8.11. The zero-order valence-corrected chi connectivity index (χ0v) is 8.61. The van der Waals surface area contributed by atoms with Crippen molar-refractivity contribution in [2.45, 2.75) is 31.7 Å². The minimum Gasteiger partial charge on any atom is -0.313 e. The van der Waals surface area contributed by atoms with Crippen LogP contribution < -0.4 is 5.32 Å². The van der Waals surface area contributed by atoms with Gasteiger partial charge in [0, 0.05) is 24.0 Å². The molecule has 0 spiro atoms. The first-order chi connectivity index (χ1) is 6.90. The Morgan fingerprint density at radius 2 is 2.14 bits per heavy atom. The molecule has 1 aromatic rings. The van der Waals surface area contributed by atoms with Crippen LogP contribution >= 0.6 is 0 Å². The molecular formula is C11H17N3. The molecule has 3 nitrogen and oxygen atoms in total. The number of hydrogen-bond donors (Lipinski definition) is 1. The first kappa shape index (κ1) is 9.59. The van der Waals surface area contributed by atoms with Crippen LogP contribution in [0.25, 0.3) is 0 Å². The summed E-state index contributed by atoms with van der Waals surface area (Å²) in [5, 5.41) is 3.34. The Labute approximate surface area is 85.0 Å². The molecule has 1 N–H and O–H groups in total. The quantitative estimate of drug-likeness (QED) is 0.790. The molecule has 76 valence electrons.